The Hall–Kier alpha value is -1.33. The van der Waals surface area contributed by atoms with Gasteiger partial charge in [0.05, 0.1) is 0 Å². The smallest absolute Gasteiger partial charge is 0.226 e. The molecule has 0 aliphatic heterocycles. The molecule has 19 heteroatoms. The molecule has 1 saturated carbocycles. The lowest BCUT2D eigenvalue weighted by atomic mass is 9.68. The summed E-state index contributed by atoms with van der Waals surface area (Å²) in [4.78, 5) is 0. The van der Waals surface area contributed by atoms with Crippen molar-refractivity contribution < 1.29 is 83.4 Å². The molecule has 0 nitrogen and oxygen atoms in total. The van der Waals surface area contributed by atoms with Crippen molar-refractivity contribution >= 4 is 0 Å². The summed E-state index contributed by atoms with van der Waals surface area (Å²) < 4.78 is 246. The van der Waals surface area contributed by atoms with Crippen molar-refractivity contribution in [2.45, 2.75) is 53.3 Å². The molecule has 0 unspecified atom stereocenters. The molecule has 0 N–H and O–H groups in total. The predicted molar refractivity (Wildman–Crippen MR) is 48.9 cm³/mol. The van der Waals surface area contributed by atoms with Gasteiger partial charge in [0.2, 0.25) is 0 Å². The van der Waals surface area contributed by atoms with Gasteiger partial charge in [-0.1, -0.05) is 0 Å². The van der Waals surface area contributed by atoms with Crippen LogP contribution < -0.4 is 0 Å². The van der Waals surface area contributed by atoms with Crippen molar-refractivity contribution in [1.29, 1.82) is 0 Å². The number of alkyl halides is 18. The second kappa shape index (κ2) is 5.67. The predicted octanol–water partition coefficient (Wildman–Crippen LogP) is 6.22. The van der Waals surface area contributed by atoms with Gasteiger partial charge in [0.25, 0.3) is 6.17 Å². The average Bonchev–Trinajstić information content (AvgIpc) is 2.49. The van der Waals surface area contributed by atoms with Crippen molar-refractivity contribution in [3.8, 4) is 0 Å². The van der Waals surface area contributed by atoms with Crippen LogP contribution >= 0.6 is 0 Å². The quantitative estimate of drug-likeness (QED) is 0.421. The van der Waals surface area contributed by atoms with Gasteiger partial charge in [0.1, 0.15) is 0 Å². The summed E-state index contributed by atoms with van der Waals surface area (Å²) in [7, 11) is 0. The molecule has 0 atom stereocenters. The number of hydrogen-bond donors (Lipinski definition) is 0. The zero-order chi connectivity index (χ0) is 24.1. The van der Waals surface area contributed by atoms with E-state index >= 15 is 0 Å². The Morgan fingerprint density at radius 3 is 1.00 bits per heavy atom. The van der Waals surface area contributed by atoms with Gasteiger partial charge in [-0.15, -0.1) is 0 Å². The van der Waals surface area contributed by atoms with Crippen LogP contribution in [0, 0.1) is 6.17 Å². The van der Waals surface area contributed by atoms with Crippen LogP contribution in [0.2, 0.25) is 0 Å². The Bertz CT molecular complexity index is 624. The maximum absolute atomic E-state index is 13.9. The van der Waals surface area contributed by atoms with Gasteiger partial charge >= 0.3 is 53.3 Å². The molecule has 0 aromatic carbocycles. The maximum Gasteiger partial charge on any atom is 0.460 e. The van der Waals surface area contributed by atoms with Crippen LogP contribution in [0.25, 0.3) is 0 Å². The zero-order valence-electron chi connectivity index (χ0n) is 12.2. The molecule has 0 heterocycles. The number of hydrogen-bond acceptors (Lipinski definition) is 0. The van der Waals surface area contributed by atoms with Gasteiger partial charge in [-0.05, 0) is 0 Å². The first-order chi connectivity index (χ1) is 12.2. The van der Waals surface area contributed by atoms with Gasteiger partial charge in [-0.3, -0.25) is 0 Å². The lowest BCUT2D eigenvalue weighted by Gasteiger charge is -2.53. The van der Waals surface area contributed by atoms with Crippen molar-refractivity contribution in [3.05, 3.63) is 6.17 Å². The normalized spacial score (nSPS) is 27.0. The second-order valence-electron chi connectivity index (χ2n) is 5.49. The highest BCUT2D eigenvalue weighted by atomic mass is 19.4. The van der Waals surface area contributed by atoms with E-state index in [9.17, 15) is 83.4 Å². The first kappa shape index (κ1) is 25.7. The van der Waals surface area contributed by atoms with Gasteiger partial charge in [-0.2, -0.15) is 74.6 Å². The van der Waals surface area contributed by atoms with E-state index in [0.717, 1.165) is 0 Å². The minimum atomic E-state index is -9.00. The van der Waals surface area contributed by atoms with Crippen LogP contribution in [0.15, 0.2) is 0 Å². The van der Waals surface area contributed by atoms with Crippen molar-refractivity contribution in [2.75, 3.05) is 0 Å². The fourth-order valence-corrected chi connectivity index (χ4v) is 2.09. The van der Waals surface area contributed by atoms with Gasteiger partial charge in [0.15, 0.2) is 0 Å². The Kier molecular flexibility index (Phi) is 5.03. The zero-order valence-corrected chi connectivity index (χ0v) is 12.2. The Morgan fingerprint density at radius 2 is 0.759 bits per heavy atom. The van der Waals surface area contributed by atoms with Gasteiger partial charge in [0, 0.05) is 0 Å². The summed E-state index contributed by atoms with van der Waals surface area (Å²) in [5, 5.41) is 0. The Morgan fingerprint density at radius 1 is 0.483 bits per heavy atom. The monoisotopic (exact) mass is 481 g/mol. The van der Waals surface area contributed by atoms with E-state index in [0.29, 0.717) is 0 Å². The first-order valence-corrected chi connectivity index (χ1v) is 6.09. The highest BCUT2D eigenvalue weighted by molar-refractivity contribution is 5.35. The molecule has 0 aromatic rings. The van der Waals surface area contributed by atoms with Gasteiger partial charge < -0.3 is 0 Å². The summed E-state index contributed by atoms with van der Waals surface area (Å²) in [5.74, 6) is -58.6. The molecule has 1 rings (SSSR count). The lowest BCUT2D eigenvalue weighted by Crippen LogP contribution is -2.86. The molecule has 1 aliphatic rings. The van der Waals surface area contributed by atoms with E-state index in [-0.39, 0.29) is 0 Å². The van der Waals surface area contributed by atoms with Crippen molar-refractivity contribution in [1.82, 2.24) is 0 Å². The van der Waals surface area contributed by atoms with E-state index in [1.54, 1.807) is 0 Å². The van der Waals surface area contributed by atoms with Crippen molar-refractivity contribution in [3.63, 3.8) is 0 Å². The third-order valence-corrected chi connectivity index (χ3v) is 3.78. The third kappa shape index (κ3) is 2.38. The highest BCUT2D eigenvalue weighted by Gasteiger charge is 3.04. The molecule has 0 amide bonds. The Balaban J connectivity index is 4.05. The SMILES string of the molecule is F[C]1C(F)(F)C(F)(F)C(F)(C(F)(F)C(F)(F)C(F)(F)C(F)(F)F)C(F)(F)C1(F)F. The summed E-state index contributed by atoms with van der Waals surface area (Å²) >= 11 is 0. The van der Waals surface area contributed by atoms with Crippen LogP contribution in [0.3, 0.4) is 0 Å². The van der Waals surface area contributed by atoms with E-state index in [1.807, 2.05) is 0 Å². The second-order valence-corrected chi connectivity index (χ2v) is 5.49. The first-order valence-electron chi connectivity index (χ1n) is 6.09. The van der Waals surface area contributed by atoms with E-state index < -0.39 is 59.5 Å². The summed E-state index contributed by atoms with van der Waals surface area (Å²) in [6.45, 7) is 0. The van der Waals surface area contributed by atoms with E-state index in [2.05, 4.69) is 0 Å². The van der Waals surface area contributed by atoms with Crippen LogP contribution in [0.5, 0.6) is 0 Å². The lowest BCUT2D eigenvalue weighted by molar-refractivity contribution is -0.484. The third-order valence-electron chi connectivity index (χ3n) is 3.78. The largest absolute Gasteiger partial charge is 0.460 e. The Labute approximate surface area is 144 Å². The molecule has 0 bridgehead atoms. The minimum absolute atomic E-state index is 5.24. The van der Waals surface area contributed by atoms with Crippen molar-refractivity contribution in [2.24, 2.45) is 0 Å². The minimum Gasteiger partial charge on any atom is -0.226 e. The molecular formula is C10F19. The summed E-state index contributed by atoms with van der Waals surface area (Å²) in [6, 6.07) is 0. The fourth-order valence-electron chi connectivity index (χ4n) is 2.09. The topological polar surface area (TPSA) is 0 Å². The molecule has 0 aromatic heterocycles. The average molecular weight is 481 g/mol. The molecular weight excluding hydrogens is 481 g/mol. The number of halogens is 19. The molecule has 29 heavy (non-hydrogen) atoms. The molecule has 1 radical (unpaired) electrons. The fraction of sp³-hybridized carbons (Fsp3) is 0.900. The number of rotatable bonds is 3. The summed E-state index contributed by atoms with van der Waals surface area (Å²) in [5.41, 5.74) is -8.87. The standard InChI is InChI=1S/C10F19/c11-1-2(12,13)5(17,18)4(16,6(19,20)3(1,14)15)7(21,22)8(23,24)9(25,26)10(27,28)29. The van der Waals surface area contributed by atoms with E-state index in [1.165, 1.54) is 0 Å². The van der Waals surface area contributed by atoms with Crippen LogP contribution in [0.4, 0.5) is 83.4 Å². The maximum atomic E-state index is 13.9. The summed E-state index contributed by atoms with van der Waals surface area (Å²) in [6.07, 6.45) is -13.2. The van der Waals surface area contributed by atoms with Gasteiger partial charge in [-0.25, -0.2) is 8.78 Å². The van der Waals surface area contributed by atoms with E-state index in [4.69, 9.17) is 0 Å². The van der Waals surface area contributed by atoms with Crippen LogP contribution in [-0.4, -0.2) is 53.3 Å². The molecule has 0 spiro atoms. The molecule has 1 fully saturated rings. The molecule has 173 valence electrons. The highest BCUT2D eigenvalue weighted by Crippen LogP contribution is 2.73. The van der Waals surface area contributed by atoms with Crippen LogP contribution in [0.1, 0.15) is 0 Å². The van der Waals surface area contributed by atoms with Crippen LogP contribution in [-0.2, 0) is 0 Å². The molecule has 0 saturated heterocycles. The molecule has 1 aliphatic carbocycles.